The van der Waals surface area contributed by atoms with Crippen LogP contribution in [0.5, 0.6) is 0 Å². The molecule has 1 unspecified atom stereocenters. The summed E-state index contributed by atoms with van der Waals surface area (Å²) in [6.45, 7) is 10.5. The molecule has 0 saturated carbocycles. The largest absolute Gasteiger partial charge is 0.378 e. The molecule has 1 atom stereocenters. The third kappa shape index (κ3) is 5.38. The first-order chi connectivity index (χ1) is 8.50. The lowest BCUT2D eigenvalue weighted by Gasteiger charge is -2.26. The van der Waals surface area contributed by atoms with Crippen molar-refractivity contribution >= 4 is 5.91 Å². The van der Waals surface area contributed by atoms with Gasteiger partial charge in [-0.2, -0.15) is 0 Å². The van der Waals surface area contributed by atoms with Gasteiger partial charge in [-0.1, -0.05) is 27.7 Å². The van der Waals surface area contributed by atoms with Crippen molar-refractivity contribution < 1.29 is 9.53 Å². The Kier molecular flexibility index (Phi) is 6.69. The first-order valence-corrected chi connectivity index (χ1v) is 7.39. The molecule has 1 fully saturated rings. The minimum absolute atomic E-state index is 0.146. The summed E-state index contributed by atoms with van der Waals surface area (Å²) in [6.07, 6.45) is 4.04. The molecule has 106 valence electrons. The van der Waals surface area contributed by atoms with Gasteiger partial charge in [0.1, 0.15) is 0 Å². The molecule has 1 amide bonds. The predicted octanol–water partition coefficient (Wildman–Crippen LogP) is 2.99. The van der Waals surface area contributed by atoms with Crippen molar-refractivity contribution in [2.45, 2.75) is 59.5 Å². The Morgan fingerprint density at radius 3 is 2.39 bits per heavy atom. The van der Waals surface area contributed by atoms with E-state index >= 15 is 0 Å². The smallest absolute Gasteiger partial charge is 0.222 e. The Bertz CT molecular complexity index is 237. The molecular weight excluding hydrogens is 226 g/mol. The fourth-order valence-corrected chi connectivity index (χ4v) is 2.72. The van der Waals surface area contributed by atoms with Gasteiger partial charge in [0, 0.05) is 13.2 Å². The van der Waals surface area contributed by atoms with Gasteiger partial charge in [0.2, 0.25) is 5.91 Å². The molecule has 0 bridgehead atoms. The van der Waals surface area contributed by atoms with Gasteiger partial charge in [0.05, 0.1) is 12.5 Å². The lowest BCUT2D eigenvalue weighted by atomic mass is 9.85. The average Bonchev–Trinajstić information content (AvgIpc) is 2.29. The molecule has 0 aliphatic carbocycles. The number of hydrogen-bond acceptors (Lipinski definition) is 2. The molecule has 1 heterocycles. The highest BCUT2D eigenvalue weighted by atomic mass is 16.5. The molecule has 0 aromatic carbocycles. The third-order valence-electron chi connectivity index (χ3n) is 3.93. The van der Waals surface area contributed by atoms with Crippen molar-refractivity contribution in [1.29, 1.82) is 0 Å². The van der Waals surface area contributed by atoms with E-state index in [2.05, 4.69) is 33.0 Å². The van der Waals surface area contributed by atoms with E-state index in [1.807, 2.05) is 0 Å². The number of carbonyl (C=O) groups is 1. The first-order valence-electron chi connectivity index (χ1n) is 7.39. The molecular formula is C15H29NO2. The predicted molar refractivity (Wildman–Crippen MR) is 74.4 cm³/mol. The van der Waals surface area contributed by atoms with E-state index in [9.17, 15) is 4.79 Å². The molecule has 18 heavy (non-hydrogen) atoms. The number of hydrogen-bond donors (Lipinski definition) is 1. The van der Waals surface area contributed by atoms with Crippen LogP contribution in [0.2, 0.25) is 0 Å². The molecule has 1 aliphatic heterocycles. The summed E-state index contributed by atoms with van der Waals surface area (Å²) in [4.78, 5) is 11.9. The quantitative estimate of drug-likeness (QED) is 0.792. The van der Waals surface area contributed by atoms with Crippen LogP contribution in [0.25, 0.3) is 0 Å². The monoisotopic (exact) mass is 255 g/mol. The normalized spacial score (nSPS) is 20.7. The number of ether oxygens (including phenoxy) is 1. The lowest BCUT2D eigenvalue weighted by Crippen LogP contribution is -2.36. The maximum atomic E-state index is 11.9. The lowest BCUT2D eigenvalue weighted by molar-refractivity contribution is -0.125. The third-order valence-corrected chi connectivity index (χ3v) is 3.93. The van der Waals surface area contributed by atoms with Gasteiger partial charge < -0.3 is 10.1 Å². The highest BCUT2D eigenvalue weighted by Crippen LogP contribution is 2.20. The Morgan fingerprint density at radius 2 is 1.89 bits per heavy atom. The second-order valence-electron chi connectivity index (χ2n) is 6.15. The van der Waals surface area contributed by atoms with Crippen LogP contribution in [0.15, 0.2) is 0 Å². The Morgan fingerprint density at radius 1 is 1.22 bits per heavy atom. The van der Waals surface area contributed by atoms with E-state index in [-0.39, 0.29) is 12.0 Å². The zero-order valence-corrected chi connectivity index (χ0v) is 12.4. The number of amides is 1. The summed E-state index contributed by atoms with van der Waals surface area (Å²) in [5, 5.41) is 3.07. The zero-order chi connectivity index (χ0) is 13.5. The van der Waals surface area contributed by atoms with Crippen molar-refractivity contribution in [2.24, 2.45) is 17.8 Å². The second-order valence-corrected chi connectivity index (χ2v) is 6.15. The summed E-state index contributed by atoms with van der Waals surface area (Å²) in [5.41, 5.74) is 0. The number of rotatable bonds is 6. The van der Waals surface area contributed by atoms with Crippen LogP contribution >= 0.6 is 0 Å². The van der Waals surface area contributed by atoms with Crippen LogP contribution in [-0.2, 0) is 9.53 Å². The van der Waals surface area contributed by atoms with Gasteiger partial charge in [-0.05, 0) is 37.0 Å². The van der Waals surface area contributed by atoms with Gasteiger partial charge in [-0.25, -0.2) is 0 Å². The maximum absolute atomic E-state index is 11.9. The van der Waals surface area contributed by atoms with Crippen molar-refractivity contribution in [3.8, 4) is 0 Å². The molecule has 0 spiro atoms. The van der Waals surface area contributed by atoms with Crippen molar-refractivity contribution in [3.05, 3.63) is 0 Å². The molecule has 3 heteroatoms. The van der Waals surface area contributed by atoms with E-state index < -0.39 is 0 Å². The van der Waals surface area contributed by atoms with E-state index in [0.29, 0.717) is 24.2 Å². The molecule has 1 saturated heterocycles. The standard InChI is InChI=1S/C15H29NO2/c1-11(2)14(12(3)4)10-16-15(17)9-13-7-5-6-8-18-13/h11-14H,5-10H2,1-4H3,(H,16,17). The summed E-state index contributed by atoms with van der Waals surface area (Å²) in [7, 11) is 0. The fraction of sp³-hybridized carbons (Fsp3) is 0.933. The molecule has 1 aliphatic rings. The van der Waals surface area contributed by atoms with Crippen molar-refractivity contribution in [1.82, 2.24) is 5.32 Å². The van der Waals surface area contributed by atoms with Crippen molar-refractivity contribution in [2.75, 3.05) is 13.2 Å². The summed E-state index contributed by atoms with van der Waals surface area (Å²) < 4.78 is 5.59. The van der Waals surface area contributed by atoms with Crippen LogP contribution < -0.4 is 5.32 Å². The number of nitrogens with one attached hydrogen (secondary N) is 1. The molecule has 1 rings (SSSR count). The van der Waals surface area contributed by atoms with Crippen LogP contribution in [-0.4, -0.2) is 25.2 Å². The molecule has 1 N–H and O–H groups in total. The van der Waals surface area contributed by atoms with Gasteiger partial charge >= 0.3 is 0 Å². The van der Waals surface area contributed by atoms with Gasteiger partial charge in [-0.15, -0.1) is 0 Å². The Hall–Kier alpha value is -0.570. The van der Waals surface area contributed by atoms with E-state index in [0.717, 1.165) is 26.0 Å². The molecule has 0 aromatic rings. The average molecular weight is 255 g/mol. The zero-order valence-electron chi connectivity index (χ0n) is 12.4. The van der Waals surface area contributed by atoms with E-state index in [1.165, 1.54) is 6.42 Å². The van der Waals surface area contributed by atoms with E-state index in [4.69, 9.17) is 4.74 Å². The second kappa shape index (κ2) is 7.78. The van der Waals surface area contributed by atoms with Crippen molar-refractivity contribution in [3.63, 3.8) is 0 Å². The van der Waals surface area contributed by atoms with E-state index in [1.54, 1.807) is 0 Å². The van der Waals surface area contributed by atoms with Gasteiger partial charge in [-0.3, -0.25) is 4.79 Å². The van der Waals surface area contributed by atoms with Crippen LogP contribution in [0.4, 0.5) is 0 Å². The highest BCUT2D eigenvalue weighted by molar-refractivity contribution is 5.76. The Balaban J connectivity index is 2.26. The summed E-state index contributed by atoms with van der Waals surface area (Å²) in [6, 6.07) is 0. The van der Waals surface area contributed by atoms with Crippen LogP contribution in [0.3, 0.4) is 0 Å². The van der Waals surface area contributed by atoms with Gasteiger partial charge in [0.25, 0.3) is 0 Å². The minimum atomic E-state index is 0.146. The van der Waals surface area contributed by atoms with Crippen LogP contribution in [0.1, 0.15) is 53.4 Å². The summed E-state index contributed by atoms with van der Waals surface area (Å²) in [5.74, 6) is 1.92. The van der Waals surface area contributed by atoms with Gasteiger partial charge in [0.15, 0.2) is 0 Å². The molecule has 0 aromatic heterocycles. The fourth-order valence-electron chi connectivity index (χ4n) is 2.72. The first kappa shape index (κ1) is 15.5. The van der Waals surface area contributed by atoms with Crippen LogP contribution in [0, 0.1) is 17.8 Å². The molecule has 3 nitrogen and oxygen atoms in total. The SMILES string of the molecule is CC(C)C(CNC(=O)CC1CCCCO1)C(C)C. The summed E-state index contributed by atoms with van der Waals surface area (Å²) >= 11 is 0. The topological polar surface area (TPSA) is 38.3 Å². The minimum Gasteiger partial charge on any atom is -0.378 e. The molecule has 0 radical (unpaired) electrons. The Labute approximate surface area is 112 Å². The highest BCUT2D eigenvalue weighted by Gasteiger charge is 2.20. The number of carbonyl (C=O) groups excluding carboxylic acids is 1. The maximum Gasteiger partial charge on any atom is 0.222 e.